The highest BCUT2D eigenvalue weighted by atomic mass is 35.5. The SMILES string of the molecule is CC(C)(C)OC(=O)N1CCN(C(=O)C2CN(c3nc4ccc(Cl)cc4s3)Cc3[nH]c4ccc(Cl)cc4c32)CC1. The number of anilines is 1. The van der Waals surface area contributed by atoms with Gasteiger partial charge < -0.3 is 24.4 Å². The number of amides is 2. The van der Waals surface area contributed by atoms with Gasteiger partial charge in [-0.1, -0.05) is 34.5 Å². The predicted molar refractivity (Wildman–Crippen MR) is 156 cm³/mol. The Bertz CT molecular complexity index is 1590. The van der Waals surface area contributed by atoms with E-state index in [1.165, 1.54) is 0 Å². The van der Waals surface area contributed by atoms with E-state index in [-0.39, 0.29) is 12.0 Å². The van der Waals surface area contributed by atoms with E-state index in [1.807, 2.05) is 62.1 Å². The van der Waals surface area contributed by atoms with Crippen molar-refractivity contribution < 1.29 is 14.3 Å². The first-order chi connectivity index (χ1) is 18.6. The smallest absolute Gasteiger partial charge is 0.410 e. The van der Waals surface area contributed by atoms with Crippen LogP contribution in [0.2, 0.25) is 10.0 Å². The Labute approximate surface area is 240 Å². The summed E-state index contributed by atoms with van der Waals surface area (Å²) in [6, 6.07) is 11.4. The van der Waals surface area contributed by atoms with E-state index in [4.69, 9.17) is 32.9 Å². The summed E-state index contributed by atoms with van der Waals surface area (Å²) in [7, 11) is 0. The molecule has 0 spiro atoms. The lowest BCUT2D eigenvalue weighted by Gasteiger charge is -2.39. The van der Waals surface area contributed by atoms with Crippen LogP contribution < -0.4 is 4.90 Å². The number of thiazole rings is 1. The van der Waals surface area contributed by atoms with Gasteiger partial charge in [0, 0.05) is 59.4 Å². The number of nitrogens with zero attached hydrogens (tertiary/aromatic N) is 4. The molecule has 204 valence electrons. The number of halogens is 2. The lowest BCUT2D eigenvalue weighted by molar-refractivity contribution is -0.134. The molecule has 4 aromatic rings. The van der Waals surface area contributed by atoms with Crippen LogP contribution in [0.15, 0.2) is 36.4 Å². The van der Waals surface area contributed by atoms with Crippen molar-refractivity contribution in [3.8, 4) is 0 Å². The molecule has 1 unspecified atom stereocenters. The van der Waals surface area contributed by atoms with Crippen molar-refractivity contribution in [2.45, 2.75) is 38.8 Å². The number of hydrogen-bond acceptors (Lipinski definition) is 6. The van der Waals surface area contributed by atoms with Crippen molar-refractivity contribution in [3.63, 3.8) is 0 Å². The Morgan fingerprint density at radius 2 is 1.72 bits per heavy atom. The van der Waals surface area contributed by atoms with Crippen molar-refractivity contribution >= 4 is 72.8 Å². The molecule has 6 rings (SSSR count). The fourth-order valence-corrected chi connectivity index (χ4v) is 6.78. The minimum atomic E-state index is -0.561. The topological polar surface area (TPSA) is 81.8 Å². The van der Waals surface area contributed by atoms with Crippen molar-refractivity contribution in [2.24, 2.45) is 0 Å². The van der Waals surface area contributed by atoms with Crippen LogP contribution in [0.1, 0.15) is 37.9 Å². The monoisotopic (exact) mass is 585 g/mol. The summed E-state index contributed by atoms with van der Waals surface area (Å²) in [6.07, 6.45) is -0.345. The molecule has 0 radical (unpaired) electrons. The third kappa shape index (κ3) is 5.15. The highest BCUT2D eigenvalue weighted by molar-refractivity contribution is 7.22. The Morgan fingerprint density at radius 3 is 2.46 bits per heavy atom. The quantitative estimate of drug-likeness (QED) is 0.300. The summed E-state index contributed by atoms with van der Waals surface area (Å²) in [6.45, 7) is 8.42. The fourth-order valence-electron chi connectivity index (χ4n) is 5.36. The first kappa shape index (κ1) is 26.2. The molecule has 8 nitrogen and oxygen atoms in total. The van der Waals surface area contributed by atoms with Crippen LogP contribution in [0, 0.1) is 0 Å². The van der Waals surface area contributed by atoms with E-state index in [2.05, 4.69) is 9.88 Å². The Balaban J connectivity index is 1.30. The summed E-state index contributed by atoms with van der Waals surface area (Å²) in [5.41, 5.74) is 3.26. The first-order valence-electron chi connectivity index (χ1n) is 12.9. The summed E-state index contributed by atoms with van der Waals surface area (Å²) >= 11 is 14.2. The Hall–Kier alpha value is -3.01. The lowest BCUT2D eigenvalue weighted by Crippen LogP contribution is -2.53. The van der Waals surface area contributed by atoms with E-state index in [9.17, 15) is 9.59 Å². The highest BCUT2D eigenvalue weighted by Gasteiger charge is 2.38. The molecular formula is C28H29Cl2N5O3S. The molecule has 0 aliphatic carbocycles. The second kappa shape index (κ2) is 9.87. The number of hydrogen-bond donors (Lipinski definition) is 1. The molecule has 1 atom stereocenters. The van der Waals surface area contributed by atoms with Gasteiger partial charge >= 0.3 is 6.09 Å². The largest absolute Gasteiger partial charge is 0.444 e. The Kier molecular flexibility index (Phi) is 6.64. The van der Waals surface area contributed by atoms with Gasteiger partial charge in [0.15, 0.2) is 5.13 Å². The second-order valence-electron chi connectivity index (χ2n) is 11.0. The number of carbonyl (C=O) groups excluding carboxylic acids is 2. The standard InChI is InChI=1S/C28H29Cl2N5O3S/c1-28(2,3)38-27(37)34-10-8-33(9-11-34)25(36)19-14-35(26-32-21-7-5-17(30)13-23(21)39-26)15-22-24(19)18-12-16(29)4-6-20(18)31-22/h4-7,12-13,19,31H,8-11,14-15H2,1-3H3. The lowest BCUT2D eigenvalue weighted by atomic mass is 9.90. The van der Waals surface area contributed by atoms with Crippen molar-refractivity contribution in [1.29, 1.82) is 0 Å². The molecule has 2 aromatic heterocycles. The van der Waals surface area contributed by atoms with E-state index >= 15 is 0 Å². The molecular weight excluding hydrogens is 557 g/mol. The number of nitrogens with one attached hydrogen (secondary N) is 1. The van der Waals surface area contributed by atoms with Crippen LogP contribution in [0.4, 0.5) is 9.93 Å². The normalized spacial score (nSPS) is 18.1. The molecule has 2 aliphatic rings. The molecule has 0 bridgehead atoms. The number of fused-ring (bicyclic) bond motifs is 4. The van der Waals surface area contributed by atoms with Gasteiger partial charge in [0.2, 0.25) is 5.91 Å². The first-order valence-corrected chi connectivity index (χ1v) is 14.5. The van der Waals surface area contributed by atoms with Crippen LogP contribution in [0.25, 0.3) is 21.1 Å². The third-order valence-corrected chi connectivity index (χ3v) is 8.68. The highest BCUT2D eigenvalue weighted by Crippen LogP contribution is 2.40. The third-order valence-electron chi connectivity index (χ3n) is 7.13. The zero-order chi connectivity index (χ0) is 27.5. The van der Waals surface area contributed by atoms with Crippen LogP contribution in [-0.4, -0.2) is 70.1 Å². The van der Waals surface area contributed by atoms with Crippen LogP contribution in [0.3, 0.4) is 0 Å². The molecule has 2 amide bonds. The molecule has 11 heteroatoms. The van der Waals surface area contributed by atoms with Gasteiger partial charge in [-0.25, -0.2) is 9.78 Å². The number of ether oxygens (including phenoxy) is 1. The molecule has 2 aromatic carbocycles. The average molecular weight is 587 g/mol. The number of carbonyl (C=O) groups is 2. The average Bonchev–Trinajstić information content (AvgIpc) is 3.47. The van der Waals surface area contributed by atoms with Gasteiger partial charge in [-0.3, -0.25) is 4.79 Å². The number of H-pyrrole nitrogens is 1. The molecule has 1 saturated heterocycles. The minimum absolute atomic E-state index is 0.0369. The van der Waals surface area contributed by atoms with E-state index in [1.54, 1.807) is 16.2 Å². The predicted octanol–water partition coefficient (Wildman–Crippen LogP) is 6.27. The number of piperazine rings is 1. The molecule has 4 heterocycles. The van der Waals surface area contributed by atoms with E-state index in [0.29, 0.717) is 49.3 Å². The number of rotatable bonds is 2. The summed E-state index contributed by atoms with van der Waals surface area (Å²) in [5, 5.41) is 3.12. The molecule has 0 saturated carbocycles. The summed E-state index contributed by atoms with van der Waals surface area (Å²) in [4.78, 5) is 40.8. The maximum Gasteiger partial charge on any atom is 0.410 e. The number of aromatic amines is 1. The van der Waals surface area contributed by atoms with Crippen molar-refractivity contribution in [2.75, 3.05) is 37.6 Å². The van der Waals surface area contributed by atoms with Crippen LogP contribution in [-0.2, 0) is 16.1 Å². The van der Waals surface area contributed by atoms with Crippen molar-refractivity contribution in [3.05, 3.63) is 57.7 Å². The molecule has 39 heavy (non-hydrogen) atoms. The number of benzene rings is 2. The van der Waals surface area contributed by atoms with Gasteiger partial charge in [0.25, 0.3) is 0 Å². The summed E-state index contributed by atoms with van der Waals surface area (Å²) in [5.74, 6) is -0.375. The summed E-state index contributed by atoms with van der Waals surface area (Å²) < 4.78 is 6.53. The molecule has 2 aliphatic heterocycles. The van der Waals surface area contributed by atoms with E-state index < -0.39 is 11.5 Å². The van der Waals surface area contributed by atoms with Crippen molar-refractivity contribution in [1.82, 2.24) is 19.8 Å². The molecule has 1 fully saturated rings. The number of aromatic nitrogens is 2. The zero-order valence-corrected chi connectivity index (χ0v) is 24.3. The van der Waals surface area contributed by atoms with Gasteiger partial charge in [-0.15, -0.1) is 0 Å². The van der Waals surface area contributed by atoms with Gasteiger partial charge in [0.1, 0.15) is 5.60 Å². The van der Waals surface area contributed by atoms with Gasteiger partial charge in [-0.2, -0.15) is 0 Å². The van der Waals surface area contributed by atoms with Crippen LogP contribution >= 0.6 is 34.5 Å². The fraction of sp³-hybridized carbons (Fsp3) is 0.393. The van der Waals surface area contributed by atoms with Crippen LogP contribution in [0.5, 0.6) is 0 Å². The molecule has 1 N–H and O–H groups in total. The maximum atomic E-state index is 14.1. The minimum Gasteiger partial charge on any atom is -0.444 e. The maximum absolute atomic E-state index is 14.1. The van der Waals surface area contributed by atoms with E-state index in [0.717, 1.165) is 37.5 Å². The zero-order valence-electron chi connectivity index (χ0n) is 22.0. The second-order valence-corrected chi connectivity index (χ2v) is 12.9. The Morgan fingerprint density at radius 1 is 1.03 bits per heavy atom. The van der Waals surface area contributed by atoms with Gasteiger partial charge in [-0.05, 0) is 62.7 Å². The van der Waals surface area contributed by atoms with Gasteiger partial charge in [0.05, 0.1) is 22.7 Å².